The van der Waals surface area contributed by atoms with Gasteiger partial charge in [0.05, 0.1) is 46.8 Å². The molecule has 2 fully saturated rings. The maximum Gasteiger partial charge on any atom is 0.219 e. The Balaban J connectivity index is 1.27. The number of nitrogens with two attached hydrogens (primary N) is 1. The standard InChI is InChI=1S/C31H37F3N8O2/c1-18-16-42(17-25(36)29(18)41(3)19(2)43)27-6-9-37-15-26(27)40-30-38-14-21(39-30)4-5-24(35)28-22(32)12-20(13-23(28)33)31(34)7-10-44-11-8-31/h4-6,9,12-15,18,25,29,35H,7-8,10-11,16-17,36H2,1-3H3,(H2,38,39,40)/b5-4-,35-24?/t18-,25+,29-/m0/s1. The monoisotopic (exact) mass is 610 g/mol. The van der Waals surface area contributed by atoms with E-state index in [0.29, 0.717) is 30.4 Å². The number of carbonyl (C=O) groups excluding carboxylic acids is 1. The molecule has 2 aliphatic heterocycles. The summed E-state index contributed by atoms with van der Waals surface area (Å²) in [4.78, 5) is 27.5. The number of aromatic amines is 1. The second-order valence-electron chi connectivity index (χ2n) is 11.5. The van der Waals surface area contributed by atoms with Crippen LogP contribution in [-0.4, -0.2) is 76.9 Å². The summed E-state index contributed by atoms with van der Waals surface area (Å²) in [6.45, 7) is 5.18. The number of benzene rings is 1. The largest absolute Gasteiger partial charge is 0.381 e. The van der Waals surface area contributed by atoms with E-state index in [1.807, 2.05) is 6.07 Å². The van der Waals surface area contributed by atoms with Gasteiger partial charge < -0.3 is 36.0 Å². The third-order valence-corrected chi connectivity index (χ3v) is 8.44. The van der Waals surface area contributed by atoms with Gasteiger partial charge in [0.15, 0.2) is 0 Å². The third kappa shape index (κ3) is 6.48. The van der Waals surface area contributed by atoms with E-state index in [1.165, 1.54) is 25.3 Å². The summed E-state index contributed by atoms with van der Waals surface area (Å²) in [5.74, 6) is -1.51. The fourth-order valence-electron chi connectivity index (χ4n) is 6.09. The lowest BCUT2D eigenvalue weighted by Crippen LogP contribution is -2.62. The predicted octanol–water partition coefficient (Wildman–Crippen LogP) is 4.51. The predicted molar refractivity (Wildman–Crippen MR) is 163 cm³/mol. The first-order valence-corrected chi connectivity index (χ1v) is 14.5. The van der Waals surface area contributed by atoms with Gasteiger partial charge in [0.2, 0.25) is 11.9 Å². The second-order valence-corrected chi connectivity index (χ2v) is 11.5. The average molecular weight is 611 g/mol. The Morgan fingerprint density at radius 2 is 1.95 bits per heavy atom. The van der Waals surface area contributed by atoms with Gasteiger partial charge >= 0.3 is 0 Å². The number of alkyl halides is 1. The number of rotatable bonds is 8. The summed E-state index contributed by atoms with van der Waals surface area (Å²) >= 11 is 0. The van der Waals surface area contributed by atoms with Crippen molar-refractivity contribution in [2.24, 2.45) is 11.7 Å². The molecule has 0 unspecified atom stereocenters. The van der Waals surface area contributed by atoms with E-state index >= 15 is 4.39 Å². The molecule has 3 aromatic rings. The molecule has 4 heterocycles. The first-order chi connectivity index (χ1) is 21.0. The van der Waals surface area contributed by atoms with Gasteiger partial charge in [-0.25, -0.2) is 18.2 Å². The van der Waals surface area contributed by atoms with Crippen LogP contribution in [0.2, 0.25) is 0 Å². The van der Waals surface area contributed by atoms with Gasteiger partial charge in [-0.05, 0) is 41.8 Å². The van der Waals surface area contributed by atoms with Gasteiger partial charge in [-0.3, -0.25) is 9.78 Å². The zero-order chi connectivity index (χ0) is 31.6. The van der Waals surface area contributed by atoms with Crippen LogP contribution in [0.25, 0.3) is 6.08 Å². The van der Waals surface area contributed by atoms with Gasteiger partial charge in [-0.15, -0.1) is 0 Å². The molecule has 0 aliphatic carbocycles. The lowest BCUT2D eigenvalue weighted by atomic mass is 9.87. The topological polar surface area (TPSA) is 136 Å². The van der Waals surface area contributed by atoms with E-state index < -0.39 is 28.6 Å². The van der Waals surface area contributed by atoms with Crippen LogP contribution in [0.1, 0.15) is 43.5 Å². The highest BCUT2D eigenvalue weighted by atomic mass is 19.1. The van der Waals surface area contributed by atoms with Gasteiger partial charge in [0, 0.05) is 65.4 Å². The van der Waals surface area contributed by atoms with Crippen molar-refractivity contribution >= 4 is 35.0 Å². The minimum Gasteiger partial charge on any atom is -0.381 e. The summed E-state index contributed by atoms with van der Waals surface area (Å²) in [5.41, 5.74) is 5.66. The Labute approximate surface area is 254 Å². The summed E-state index contributed by atoms with van der Waals surface area (Å²) in [5, 5.41) is 11.5. The molecular weight excluding hydrogens is 573 g/mol. The van der Waals surface area contributed by atoms with Crippen LogP contribution in [0.4, 0.5) is 30.5 Å². The van der Waals surface area contributed by atoms with E-state index in [1.54, 1.807) is 24.3 Å². The number of carbonyl (C=O) groups is 1. The minimum absolute atomic E-state index is 0.0170. The lowest BCUT2D eigenvalue weighted by molar-refractivity contribution is -0.131. The van der Waals surface area contributed by atoms with Gasteiger partial charge in [0.1, 0.15) is 17.3 Å². The van der Waals surface area contributed by atoms with Crippen LogP contribution in [-0.2, 0) is 15.2 Å². The van der Waals surface area contributed by atoms with Crippen molar-refractivity contribution in [3.8, 4) is 0 Å². The number of allylic oxidation sites excluding steroid dienone is 1. The summed E-state index contributed by atoms with van der Waals surface area (Å²) < 4.78 is 50.2. The van der Waals surface area contributed by atoms with Crippen molar-refractivity contribution in [3.63, 3.8) is 0 Å². The van der Waals surface area contributed by atoms with Crippen LogP contribution >= 0.6 is 0 Å². The molecule has 2 aromatic heterocycles. The van der Waals surface area contributed by atoms with E-state index in [-0.39, 0.29) is 55.5 Å². The molecule has 5 rings (SSSR count). The van der Waals surface area contributed by atoms with Crippen molar-refractivity contribution < 1.29 is 22.7 Å². The number of nitrogens with one attached hydrogen (secondary N) is 3. The minimum atomic E-state index is -1.86. The van der Waals surface area contributed by atoms with Gasteiger partial charge in [-0.2, -0.15) is 0 Å². The number of pyridine rings is 1. The molecule has 5 N–H and O–H groups in total. The normalized spacial score (nSPS) is 21.8. The number of anilines is 3. The molecule has 0 radical (unpaired) electrons. The number of ether oxygens (including phenoxy) is 1. The fourth-order valence-corrected chi connectivity index (χ4v) is 6.09. The molecule has 44 heavy (non-hydrogen) atoms. The lowest BCUT2D eigenvalue weighted by Gasteiger charge is -2.46. The number of imidazole rings is 1. The highest BCUT2D eigenvalue weighted by Crippen LogP contribution is 2.38. The molecule has 0 saturated carbocycles. The molecule has 0 spiro atoms. The molecule has 2 aliphatic rings. The average Bonchev–Trinajstić information content (AvgIpc) is 3.43. The van der Waals surface area contributed by atoms with Gasteiger partial charge in [0.25, 0.3) is 0 Å². The van der Waals surface area contributed by atoms with Crippen LogP contribution in [0, 0.1) is 23.0 Å². The second kappa shape index (κ2) is 12.8. The third-order valence-electron chi connectivity index (χ3n) is 8.44. The van der Waals surface area contributed by atoms with Crippen LogP contribution in [0.15, 0.2) is 42.9 Å². The molecule has 3 atom stereocenters. The van der Waals surface area contributed by atoms with E-state index in [9.17, 15) is 13.6 Å². The molecule has 13 heteroatoms. The van der Waals surface area contributed by atoms with Crippen molar-refractivity contribution in [1.82, 2.24) is 19.9 Å². The number of piperidine rings is 1. The summed E-state index contributed by atoms with van der Waals surface area (Å²) in [7, 11) is 1.78. The van der Waals surface area contributed by atoms with Crippen molar-refractivity contribution in [3.05, 3.63) is 71.3 Å². The van der Waals surface area contributed by atoms with Crippen molar-refractivity contribution in [2.45, 2.75) is 44.4 Å². The van der Waals surface area contributed by atoms with Crippen molar-refractivity contribution in [2.75, 3.05) is 43.6 Å². The molecule has 1 aromatic carbocycles. The van der Waals surface area contributed by atoms with Crippen LogP contribution < -0.4 is 16.0 Å². The first kappa shape index (κ1) is 31.2. The number of amides is 1. The molecule has 0 bridgehead atoms. The van der Waals surface area contributed by atoms with Crippen LogP contribution in [0.3, 0.4) is 0 Å². The smallest absolute Gasteiger partial charge is 0.219 e. The van der Waals surface area contributed by atoms with E-state index in [2.05, 4.69) is 32.1 Å². The Hall–Kier alpha value is -4.23. The first-order valence-electron chi connectivity index (χ1n) is 14.5. The van der Waals surface area contributed by atoms with Crippen molar-refractivity contribution in [1.29, 1.82) is 5.41 Å². The number of likely N-dealkylation sites (N-methyl/N-ethyl adjacent to an activating group) is 1. The highest BCUT2D eigenvalue weighted by Gasteiger charge is 2.37. The molecule has 10 nitrogen and oxygen atoms in total. The molecule has 1 amide bonds. The Bertz CT molecular complexity index is 1520. The van der Waals surface area contributed by atoms with E-state index in [4.69, 9.17) is 15.9 Å². The maximum absolute atomic E-state index is 15.2. The molecule has 2 saturated heterocycles. The Morgan fingerprint density at radius 3 is 2.61 bits per heavy atom. The SMILES string of the molecule is CC(=O)N(C)[C@@H]1[C@H](N)CN(c2ccncc2Nc2ncc(/C=C\C(=N)c3c(F)cc(C4(F)CCOCC4)cc3F)[nH]2)C[C@@H]1C. The number of hydrogen-bond donors (Lipinski definition) is 4. The Morgan fingerprint density at radius 1 is 1.25 bits per heavy atom. The number of H-pyrrole nitrogens is 1. The number of aromatic nitrogens is 3. The zero-order valence-corrected chi connectivity index (χ0v) is 24.9. The highest BCUT2D eigenvalue weighted by molar-refractivity contribution is 6.09. The number of nitrogens with zero attached hydrogens (tertiary/aromatic N) is 4. The zero-order valence-electron chi connectivity index (χ0n) is 24.9. The fraction of sp³-hybridized carbons (Fsp3) is 0.419. The Kier molecular flexibility index (Phi) is 9.07. The number of hydrogen-bond acceptors (Lipinski definition) is 8. The quantitative estimate of drug-likeness (QED) is 0.276. The van der Waals surface area contributed by atoms with E-state index in [0.717, 1.165) is 17.8 Å². The van der Waals surface area contributed by atoms with Crippen LogP contribution in [0.5, 0.6) is 0 Å². The summed E-state index contributed by atoms with van der Waals surface area (Å²) in [6, 6.07) is 3.48. The molecule has 234 valence electrons. The molecular formula is C31H37F3N8O2. The number of halogens is 3. The van der Waals surface area contributed by atoms with Gasteiger partial charge in [-0.1, -0.05) is 6.92 Å². The maximum atomic E-state index is 15.2. The summed E-state index contributed by atoms with van der Waals surface area (Å²) in [6.07, 6.45) is 7.63.